The van der Waals surface area contributed by atoms with Gasteiger partial charge in [-0.25, -0.2) is 4.98 Å². The molecule has 0 radical (unpaired) electrons. The Hall–Kier alpha value is -2.26. The van der Waals surface area contributed by atoms with E-state index in [-0.39, 0.29) is 0 Å². The lowest BCUT2D eigenvalue weighted by Crippen LogP contribution is -1.94. The molecule has 0 amide bonds. The Kier molecular flexibility index (Phi) is 3.20. The Morgan fingerprint density at radius 2 is 1.90 bits per heavy atom. The summed E-state index contributed by atoms with van der Waals surface area (Å²) in [5.74, 6) is 1.20. The fourth-order valence-corrected chi connectivity index (χ4v) is 2.18. The highest BCUT2D eigenvalue weighted by Gasteiger charge is 2.08. The molecule has 0 aliphatic heterocycles. The molecule has 100 valence electrons. The van der Waals surface area contributed by atoms with Crippen molar-refractivity contribution < 1.29 is 4.74 Å². The molecule has 0 aliphatic carbocycles. The summed E-state index contributed by atoms with van der Waals surface area (Å²) in [6, 6.07) is 14.9. The van der Waals surface area contributed by atoms with Crippen molar-refractivity contribution in [2.75, 3.05) is 5.73 Å². The maximum absolute atomic E-state index is 5.98. The number of ether oxygens (including phenoxy) is 1. The minimum absolute atomic E-state index is 0.535. The molecule has 2 N–H and O–H groups in total. The molecule has 1 heterocycles. The zero-order valence-corrected chi connectivity index (χ0v) is 11.7. The van der Waals surface area contributed by atoms with E-state index in [0.29, 0.717) is 22.2 Å². The molecule has 20 heavy (non-hydrogen) atoms. The molecule has 3 nitrogen and oxygen atoms in total. The minimum Gasteiger partial charge on any atom is -0.453 e. The average molecular weight is 285 g/mol. The van der Waals surface area contributed by atoms with Crippen LogP contribution in [0.5, 0.6) is 11.5 Å². The number of fused-ring (bicyclic) bond motifs is 1. The van der Waals surface area contributed by atoms with E-state index in [9.17, 15) is 0 Å². The molecule has 0 saturated carbocycles. The smallest absolute Gasteiger partial charge is 0.153 e. The van der Waals surface area contributed by atoms with Crippen molar-refractivity contribution in [3.05, 3.63) is 59.2 Å². The number of nitrogens with two attached hydrogens (primary N) is 1. The van der Waals surface area contributed by atoms with Crippen LogP contribution in [0.15, 0.2) is 48.5 Å². The number of nitrogens with zero attached hydrogens (tertiary/aromatic N) is 1. The third-order valence-electron chi connectivity index (χ3n) is 3.02. The molecule has 0 saturated heterocycles. The van der Waals surface area contributed by atoms with E-state index in [1.165, 1.54) is 0 Å². The Labute approximate surface area is 122 Å². The van der Waals surface area contributed by atoms with E-state index in [1.807, 2.05) is 37.3 Å². The first-order valence-corrected chi connectivity index (χ1v) is 6.60. The van der Waals surface area contributed by atoms with Crippen LogP contribution in [-0.2, 0) is 0 Å². The summed E-state index contributed by atoms with van der Waals surface area (Å²) in [5.41, 5.74) is 8.20. The molecule has 0 unspecified atom stereocenters. The molecular formula is C16H13ClN2O. The number of hydrogen-bond donors (Lipinski definition) is 1. The van der Waals surface area contributed by atoms with Gasteiger partial charge in [0.05, 0.1) is 5.69 Å². The second-order valence-electron chi connectivity index (χ2n) is 4.56. The molecule has 0 atom stereocenters. The summed E-state index contributed by atoms with van der Waals surface area (Å²) in [7, 11) is 0. The van der Waals surface area contributed by atoms with Crippen LogP contribution < -0.4 is 10.5 Å². The van der Waals surface area contributed by atoms with Crippen LogP contribution >= 0.6 is 11.6 Å². The molecule has 0 fully saturated rings. The zero-order chi connectivity index (χ0) is 14.1. The van der Waals surface area contributed by atoms with Crippen LogP contribution in [0.1, 0.15) is 5.69 Å². The van der Waals surface area contributed by atoms with Crippen molar-refractivity contribution in [3.8, 4) is 11.5 Å². The van der Waals surface area contributed by atoms with E-state index < -0.39 is 0 Å². The summed E-state index contributed by atoms with van der Waals surface area (Å²) >= 11 is 5.98. The third-order valence-corrected chi connectivity index (χ3v) is 3.25. The Morgan fingerprint density at radius 1 is 1.05 bits per heavy atom. The number of pyridine rings is 1. The van der Waals surface area contributed by atoms with Gasteiger partial charge in [0.15, 0.2) is 11.5 Å². The number of hydrogen-bond acceptors (Lipinski definition) is 3. The number of aromatic nitrogens is 1. The highest BCUT2D eigenvalue weighted by atomic mass is 35.5. The first-order valence-electron chi connectivity index (χ1n) is 6.23. The van der Waals surface area contributed by atoms with Gasteiger partial charge in [-0.05, 0) is 31.2 Å². The largest absolute Gasteiger partial charge is 0.453 e. The van der Waals surface area contributed by atoms with Crippen LogP contribution in [0.3, 0.4) is 0 Å². The average Bonchev–Trinajstić information content (AvgIpc) is 2.43. The maximum Gasteiger partial charge on any atom is 0.153 e. The number of benzene rings is 2. The monoisotopic (exact) mass is 284 g/mol. The van der Waals surface area contributed by atoms with Crippen molar-refractivity contribution in [1.82, 2.24) is 4.98 Å². The summed E-state index contributed by atoms with van der Waals surface area (Å²) < 4.78 is 5.89. The van der Waals surface area contributed by atoms with Gasteiger partial charge in [0.2, 0.25) is 0 Å². The molecule has 3 rings (SSSR count). The second-order valence-corrected chi connectivity index (χ2v) is 5.00. The van der Waals surface area contributed by atoms with Crippen LogP contribution in [0, 0.1) is 6.92 Å². The summed E-state index contributed by atoms with van der Waals surface area (Å²) in [5, 5.41) is 1.60. The van der Waals surface area contributed by atoms with Crippen molar-refractivity contribution in [1.29, 1.82) is 0 Å². The third kappa shape index (κ3) is 2.40. The SMILES string of the molecule is Cc1ccc2cccc(Oc3cc(Cl)ccc3N)c2n1. The van der Waals surface area contributed by atoms with Crippen molar-refractivity contribution in [2.24, 2.45) is 0 Å². The molecule has 0 aliphatic rings. The fraction of sp³-hybridized carbons (Fsp3) is 0.0625. The number of aryl methyl sites for hydroxylation is 1. The topological polar surface area (TPSA) is 48.1 Å². The summed E-state index contributed by atoms with van der Waals surface area (Å²) in [4.78, 5) is 4.53. The van der Waals surface area contributed by atoms with E-state index in [4.69, 9.17) is 22.1 Å². The van der Waals surface area contributed by atoms with Gasteiger partial charge in [-0.1, -0.05) is 29.8 Å². The van der Waals surface area contributed by atoms with Gasteiger partial charge in [0.1, 0.15) is 5.52 Å². The van der Waals surface area contributed by atoms with Gasteiger partial charge in [-0.15, -0.1) is 0 Å². The molecule has 4 heteroatoms. The molecule has 3 aromatic rings. The summed E-state index contributed by atoms with van der Waals surface area (Å²) in [6.45, 7) is 1.95. The van der Waals surface area contributed by atoms with Gasteiger partial charge >= 0.3 is 0 Å². The Bertz CT molecular complexity index is 787. The van der Waals surface area contributed by atoms with Crippen molar-refractivity contribution in [3.63, 3.8) is 0 Å². The number of rotatable bonds is 2. The van der Waals surface area contributed by atoms with E-state index in [1.54, 1.807) is 18.2 Å². The Balaban J connectivity index is 2.10. The van der Waals surface area contributed by atoms with Crippen molar-refractivity contribution >= 4 is 28.2 Å². The van der Waals surface area contributed by atoms with Crippen LogP contribution in [0.4, 0.5) is 5.69 Å². The predicted molar refractivity (Wildman–Crippen MR) is 82.4 cm³/mol. The van der Waals surface area contributed by atoms with Crippen molar-refractivity contribution in [2.45, 2.75) is 6.92 Å². The Morgan fingerprint density at radius 3 is 2.75 bits per heavy atom. The second kappa shape index (κ2) is 5.02. The van der Waals surface area contributed by atoms with Crippen LogP contribution in [0.25, 0.3) is 10.9 Å². The number of halogens is 1. The zero-order valence-electron chi connectivity index (χ0n) is 10.9. The molecular weight excluding hydrogens is 272 g/mol. The van der Waals surface area contributed by atoms with Crippen LogP contribution in [-0.4, -0.2) is 4.98 Å². The lowest BCUT2D eigenvalue weighted by molar-refractivity contribution is 0.489. The van der Waals surface area contributed by atoms with Crippen LogP contribution in [0.2, 0.25) is 5.02 Å². The highest BCUT2D eigenvalue weighted by molar-refractivity contribution is 6.30. The van der Waals surface area contributed by atoms with Gasteiger partial charge in [-0.2, -0.15) is 0 Å². The summed E-state index contributed by atoms with van der Waals surface area (Å²) in [6.07, 6.45) is 0. The fourth-order valence-electron chi connectivity index (χ4n) is 2.01. The quantitative estimate of drug-likeness (QED) is 0.701. The first-order chi connectivity index (χ1) is 9.63. The van der Waals surface area contributed by atoms with Gasteiger partial charge < -0.3 is 10.5 Å². The predicted octanol–water partition coefficient (Wildman–Crippen LogP) is 4.57. The van der Waals surface area contributed by atoms with E-state index in [2.05, 4.69) is 4.98 Å². The first kappa shape index (κ1) is 12.8. The lowest BCUT2D eigenvalue weighted by atomic mass is 10.2. The number of nitrogen functional groups attached to an aromatic ring is 1. The lowest BCUT2D eigenvalue weighted by Gasteiger charge is -2.11. The molecule has 0 bridgehead atoms. The normalized spacial score (nSPS) is 10.7. The highest BCUT2D eigenvalue weighted by Crippen LogP contribution is 2.33. The molecule has 1 aromatic heterocycles. The molecule has 0 spiro atoms. The number of para-hydroxylation sites is 1. The standard InChI is InChI=1S/C16H13ClN2O/c1-10-5-6-11-3-2-4-14(16(11)19-10)20-15-9-12(17)7-8-13(15)18/h2-9H,18H2,1H3. The minimum atomic E-state index is 0.535. The number of anilines is 1. The maximum atomic E-state index is 5.98. The molecule has 2 aromatic carbocycles. The van der Waals surface area contributed by atoms with E-state index >= 15 is 0 Å². The van der Waals surface area contributed by atoms with Gasteiger partial charge in [-0.3, -0.25) is 0 Å². The van der Waals surface area contributed by atoms with E-state index in [0.717, 1.165) is 16.6 Å². The van der Waals surface area contributed by atoms with Gasteiger partial charge in [0.25, 0.3) is 0 Å². The van der Waals surface area contributed by atoms with Gasteiger partial charge in [0, 0.05) is 22.2 Å².